The van der Waals surface area contributed by atoms with Gasteiger partial charge < -0.3 is 19.7 Å². The Labute approximate surface area is 223 Å². The van der Waals surface area contributed by atoms with Crippen molar-refractivity contribution in [1.82, 2.24) is 15.5 Å². The highest BCUT2D eigenvalue weighted by molar-refractivity contribution is 7.80. The molecule has 8 nitrogen and oxygen atoms in total. The molecule has 1 aliphatic heterocycles. The lowest BCUT2D eigenvalue weighted by atomic mass is 10.1. The molecule has 37 heavy (non-hydrogen) atoms. The van der Waals surface area contributed by atoms with Gasteiger partial charge in [-0.1, -0.05) is 62.9 Å². The minimum Gasteiger partial charge on any atom is -0.494 e. The number of hydrogen-bond donors (Lipinski definition) is 2. The Balaban J connectivity index is 1.50. The molecule has 1 unspecified atom stereocenters. The van der Waals surface area contributed by atoms with Gasteiger partial charge in [-0.2, -0.15) is 0 Å². The predicted molar refractivity (Wildman–Crippen MR) is 145 cm³/mol. The fourth-order valence-corrected chi connectivity index (χ4v) is 4.27. The summed E-state index contributed by atoms with van der Waals surface area (Å²) in [7, 11) is 0. The predicted octanol–water partition coefficient (Wildman–Crippen LogP) is 3.98. The van der Waals surface area contributed by atoms with Crippen LogP contribution in [0.15, 0.2) is 54.6 Å². The molecule has 3 rings (SSSR count). The van der Waals surface area contributed by atoms with Gasteiger partial charge in [-0.3, -0.25) is 19.7 Å². The zero-order valence-electron chi connectivity index (χ0n) is 21.2. The molecular formula is C28H35N3O5S. The van der Waals surface area contributed by atoms with E-state index in [4.69, 9.17) is 21.7 Å². The molecular weight excluding hydrogens is 490 g/mol. The van der Waals surface area contributed by atoms with E-state index < -0.39 is 17.9 Å². The number of benzene rings is 2. The monoisotopic (exact) mass is 525 g/mol. The Bertz CT molecular complexity index is 1050. The Morgan fingerprint density at radius 1 is 1.05 bits per heavy atom. The maximum absolute atomic E-state index is 12.8. The molecule has 0 saturated carbocycles. The van der Waals surface area contributed by atoms with E-state index in [1.54, 1.807) is 29.2 Å². The third kappa shape index (κ3) is 9.17. The molecule has 0 bridgehead atoms. The first-order chi connectivity index (χ1) is 18.0. The first-order valence-electron chi connectivity index (χ1n) is 12.8. The number of esters is 1. The summed E-state index contributed by atoms with van der Waals surface area (Å²) in [4.78, 5) is 39.3. The van der Waals surface area contributed by atoms with Crippen molar-refractivity contribution < 1.29 is 23.9 Å². The summed E-state index contributed by atoms with van der Waals surface area (Å²) in [6.07, 6.45) is 5.63. The number of hydrogen-bond acceptors (Lipinski definition) is 6. The van der Waals surface area contributed by atoms with E-state index >= 15 is 0 Å². The lowest BCUT2D eigenvalue weighted by Gasteiger charge is -2.36. The standard InChI is InChI=1S/C28H35N3O5S/c1-2-3-4-5-9-18-35-23-14-12-22(13-15-23)26(33)30-28(37)31-17-16-29-27(34)24(31)19-25(32)36-20-21-10-7-6-8-11-21/h6-8,10-15,24H,2-5,9,16-20H2,1H3,(H,29,34)(H,30,33,37). The van der Waals surface area contributed by atoms with E-state index in [9.17, 15) is 14.4 Å². The number of thiocarbonyl (C=S) groups is 1. The molecule has 0 aliphatic carbocycles. The van der Waals surface area contributed by atoms with Crippen molar-refractivity contribution in [3.8, 4) is 5.75 Å². The summed E-state index contributed by atoms with van der Waals surface area (Å²) in [5.41, 5.74) is 1.27. The molecule has 1 saturated heterocycles. The molecule has 1 fully saturated rings. The molecule has 2 amide bonds. The van der Waals surface area contributed by atoms with E-state index in [-0.39, 0.29) is 24.0 Å². The highest BCUT2D eigenvalue weighted by Gasteiger charge is 2.34. The average Bonchev–Trinajstić information content (AvgIpc) is 2.91. The van der Waals surface area contributed by atoms with Crippen LogP contribution in [0.1, 0.15) is 61.4 Å². The van der Waals surface area contributed by atoms with Crippen molar-refractivity contribution in [1.29, 1.82) is 0 Å². The number of rotatable bonds is 12. The van der Waals surface area contributed by atoms with E-state index in [2.05, 4.69) is 17.6 Å². The van der Waals surface area contributed by atoms with Crippen LogP contribution in [-0.2, 0) is 20.9 Å². The van der Waals surface area contributed by atoms with Crippen molar-refractivity contribution in [2.75, 3.05) is 19.7 Å². The van der Waals surface area contributed by atoms with Gasteiger partial charge >= 0.3 is 5.97 Å². The van der Waals surface area contributed by atoms with E-state index in [0.29, 0.717) is 31.0 Å². The molecule has 1 atom stereocenters. The largest absolute Gasteiger partial charge is 0.494 e. The van der Waals surface area contributed by atoms with Crippen molar-refractivity contribution in [2.45, 2.75) is 58.1 Å². The summed E-state index contributed by atoms with van der Waals surface area (Å²) in [6, 6.07) is 15.3. The molecule has 2 aromatic carbocycles. The van der Waals surface area contributed by atoms with Crippen LogP contribution in [0.2, 0.25) is 0 Å². The summed E-state index contributed by atoms with van der Waals surface area (Å²) < 4.78 is 11.1. The van der Waals surface area contributed by atoms with Gasteiger partial charge in [0.2, 0.25) is 5.91 Å². The van der Waals surface area contributed by atoms with Gasteiger partial charge in [-0.25, -0.2) is 0 Å². The fraction of sp³-hybridized carbons (Fsp3) is 0.429. The third-order valence-corrected chi connectivity index (χ3v) is 6.38. The average molecular weight is 526 g/mol. The summed E-state index contributed by atoms with van der Waals surface area (Å²) in [5.74, 6) is -0.550. The second-order valence-corrected chi connectivity index (χ2v) is 9.28. The number of amides is 2. The van der Waals surface area contributed by atoms with E-state index in [1.807, 2.05) is 30.3 Å². The topological polar surface area (TPSA) is 97.0 Å². The van der Waals surface area contributed by atoms with Crippen molar-refractivity contribution >= 4 is 35.1 Å². The molecule has 2 N–H and O–H groups in total. The fourth-order valence-electron chi connectivity index (χ4n) is 3.95. The number of unbranched alkanes of at least 4 members (excludes halogenated alkanes) is 4. The molecule has 0 radical (unpaired) electrons. The molecule has 0 spiro atoms. The van der Waals surface area contributed by atoms with Crippen LogP contribution in [0, 0.1) is 0 Å². The quantitative estimate of drug-likeness (QED) is 0.246. The first kappa shape index (κ1) is 28.1. The Kier molecular flexibility index (Phi) is 11.4. The molecule has 9 heteroatoms. The van der Waals surface area contributed by atoms with Gasteiger partial charge in [-0.15, -0.1) is 0 Å². The summed E-state index contributed by atoms with van der Waals surface area (Å²) in [6.45, 7) is 3.67. The van der Waals surface area contributed by atoms with E-state index in [1.165, 1.54) is 19.3 Å². The highest BCUT2D eigenvalue weighted by atomic mass is 32.1. The Morgan fingerprint density at radius 3 is 2.51 bits per heavy atom. The second-order valence-electron chi connectivity index (χ2n) is 8.90. The number of nitrogens with one attached hydrogen (secondary N) is 2. The maximum atomic E-state index is 12.8. The molecule has 1 heterocycles. The van der Waals surface area contributed by atoms with Crippen LogP contribution in [0.4, 0.5) is 0 Å². The first-order valence-corrected chi connectivity index (χ1v) is 13.2. The van der Waals surface area contributed by atoms with Gasteiger partial charge in [-0.05, 0) is 48.5 Å². The number of nitrogens with zero attached hydrogens (tertiary/aromatic N) is 1. The molecule has 0 aromatic heterocycles. The number of piperazine rings is 1. The van der Waals surface area contributed by atoms with Gasteiger partial charge in [0.15, 0.2) is 5.11 Å². The smallest absolute Gasteiger partial charge is 0.308 e. The Morgan fingerprint density at radius 2 is 1.78 bits per heavy atom. The maximum Gasteiger partial charge on any atom is 0.308 e. The second kappa shape index (κ2) is 14.9. The van der Waals surface area contributed by atoms with Crippen LogP contribution in [0.5, 0.6) is 5.75 Å². The highest BCUT2D eigenvalue weighted by Crippen LogP contribution is 2.15. The molecule has 2 aromatic rings. The van der Waals surface area contributed by atoms with Crippen LogP contribution in [0.25, 0.3) is 0 Å². The molecule has 1 aliphatic rings. The molecule has 198 valence electrons. The minimum absolute atomic E-state index is 0.0908. The number of carbonyl (C=O) groups excluding carboxylic acids is 3. The van der Waals surface area contributed by atoms with Crippen molar-refractivity contribution in [3.05, 3.63) is 65.7 Å². The normalized spacial score (nSPS) is 15.0. The van der Waals surface area contributed by atoms with Gasteiger partial charge in [0.05, 0.1) is 13.0 Å². The number of carbonyl (C=O) groups is 3. The van der Waals surface area contributed by atoms with Gasteiger partial charge in [0.25, 0.3) is 5.91 Å². The lowest BCUT2D eigenvalue weighted by molar-refractivity contribution is -0.148. The minimum atomic E-state index is -0.863. The van der Waals surface area contributed by atoms with Gasteiger partial charge in [0, 0.05) is 18.7 Å². The number of ether oxygens (including phenoxy) is 2. The van der Waals surface area contributed by atoms with Crippen molar-refractivity contribution in [3.63, 3.8) is 0 Å². The third-order valence-electron chi connectivity index (χ3n) is 6.05. The van der Waals surface area contributed by atoms with Crippen LogP contribution >= 0.6 is 12.2 Å². The Hall–Kier alpha value is -3.46. The lowest BCUT2D eigenvalue weighted by Crippen LogP contribution is -2.60. The van der Waals surface area contributed by atoms with Crippen LogP contribution in [0.3, 0.4) is 0 Å². The zero-order valence-corrected chi connectivity index (χ0v) is 22.1. The van der Waals surface area contributed by atoms with E-state index in [0.717, 1.165) is 18.4 Å². The van der Waals surface area contributed by atoms with Gasteiger partial charge in [0.1, 0.15) is 18.4 Å². The van der Waals surface area contributed by atoms with Crippen LogP contribution in [-0.4, -0.2) is 53.5 Å². The SMILES string of the molecule is CCCCCCCOc1ccc(C(=O)NC(=S)N2CCNC(=O)C2CC(=O)OCc2ccccc2)cc1. The summed E-state index contributed by atoms with van der Waals surface area (Å²) >= 11 is 5.44. The zero-order chi connectivity index (χ0) is 26.5. The van der Waals surface area contributed by atoms with Crippen LogP contribution < -0.4 is 15.4 Å². The summed E-state index contributed by atoms with van der Waals surface area (Å²) in [5, 5.41) is 5.52. The van der Waals surface area contributed by atoms with Crippen molar-refractivity contribution in [2.24, 2.45) is 0 Å².